The summed E-state index contributed by atoms with van der Waals surface area (Å²) in [5.41, 5.74) is 1.19. The van der Waals surface area contributed by atoms with Gasteiger partial charge in [0.25, 0.3) is 11.8 Å². The number of halogens is 1. The molecule has 3 aromatic carbocycles. The van der Waals surface area contributed by atoms with Gasteiger partial charge in [-0.1, -0.05) is 34.1 Å². The number of likely N-dealkylation sites (N-methyl/N-ethyl adjacent to an activating group) is 1. The van der Waals surface area contributed by atoms with Crippen molar-refractivity contribution in [1.82, 2.24) is 16.0 Å². The van der Waals surface area contributed by atoms with Gasteiger partial charge in [-0.2, -0.15) is 0 Å². The Morgan fingerprint density at radius 3 is 2.68 bits per heavy atom. The maximum atomic E-state index is 14.1. The third-order valence-corrected chi connectivity index (χ3v) is 7.34. The van der Waals surface area contributed by atoms with Crippen molar-refractivity contribution in [3.05, 3.63) is 64.1 Å². The van der Waals surface area contributed by atoms with Crippen LogP contribution in [0.5, 0.6) is 11.5 Å². The standard InChI is InChI=1S/C29H31BrN4O7/c1-16(31-2)27(37)33-22-15-41-26-20(28(38)32-12-11-25(35)36)5-4-6-23(26)34(29(22)39)14-21-19-9-8-18(30)13-17(19)7-10-24(21)40-3/h4-10,13,16,22,31H,11-12,14-15H2,1-3H3,(H,32,38)(H,33,37)(H,35,36)/t16-,22-/m0/s1. The summed E-state index contributed by atoms with van der Waals surface area (Å²) in [5.74, 6) is -1.70. The van der Waals surface area contributed by atoms with E-state index in [-0.39, 0.29) is 43.3 Å². The molecule has 0 aromatic heterocycles. The molecule has 0 spiro atoms. The molecular weight excluding hydrogens is 596 g/mol. The van der Waals surface area contributed by atoms with Gasteiger partial charge in [0, 0.05) is 16.6 Å². The molecule has 11 nitrogen and oxygen atoms in total. The summed E-state index contributed by atoms with van der Waals surface area (Å²) in [4.78, 5) is 52.3. The van der Waals surface area contributed by atoms with E-state index in [4.69, 9.17) is 14.6 Å². The lowest BCUT2D eigenvalue weighted by Gasteiger charge is -2.27. The lowest BCUT2D eigenvalue weighted by molar-refractivity contribution is -0.136. The van der Waals surface area contributed by atoms with E-state index in [1.807, 2.05) is 30.3 Å². The van der Waals surface area contributed by atoms with Gasteiger partial charge in [-0.25, -0.2) is 0 Å². The molecule has 41 heavy (non-hydrogen) atoms. The third kappa shape index (κ3) is 6.60. The Labute approximate surface area is 245 Å². The lowest BCUT2D eigenvalue weighted by atomic mass is 10.0. The number of carboxylic acids is 1. The van der Waals surface area contributed by atoms with E-state index in [2.05, 4.69) is 31.9 Å². The van der Waals surface area contributed by atoms with E-state index in [1.54, 1.807) is 33.2 Å². The molecule has 0 saturated heterocycles. The molecule has 0 radical (unpaired) electrons. The van der Waals surface area contributed by atoms with Crippen LogP contribution in [-0.4, -0.2) is 68.2 Å². The molecule has 0 aliphatic carbocycles. The van der Waals surface area contributed by atoms with Crippen LogP contribution in [0.15, 0.2) is 53.0 Å². The molecule has 3 aromatic rings. The van der Waals surface area contributed by atoms with Crippen LogP contribution in [0, 0.1) is 0 Å². The fourth-order valence-corrected chi connectivity index (χ4v) is 4.92. The molecule has 3 amide bonds. The van der Waals surface area contributed by atoms with Gasteiger partial charge in [-0.3, -0.25) is 19.2 Å². The van der Waals surface area contributed by atoms with Crippen LogP contribution in [0.1, 0.15) is 29.3 Å². The van der Waals surface area contributed by atoms with Crippen molar-refractivity contribution in [3.8, 4) is 11.5 Å². The van der Waals surface area contributed by atoms with Crippen LogP contribution < -0.4 is 30.3 Å². The molecule has 12 heteroatoms. The second-order valence-electron chi connectivity index (χ2n) is 9.47. The van der Waals surface area contributed by atoms with E-state index in [9.17, 15) is 19.2 Å². The van der Waals surface area contributed by atoms with Gasteiger partial charge in [0.05, 0.1) is 37.4 Å². The average molecular weight is 627 g/mol. The first kappa shape index (κ1) is 29.8. The number of carbonyl (C=O) groups excluding carboxylic acids is 3. The summed E-state index contributed by atoms with van der Waals surface area (Å²) in [5, 5.41) is 18.9. The minimum atomic E-state index is -1.05. The molecule has 0 fully saturated rings. The first-order valence-corrected chi connectivity index (χ1v) is 13.7. The number of methoxy groups -OCH3 is 1. The maximum absolute atomic E-state index is 14.1. The van der Waals surface area contributed by atoms with Crippen LogP contribution in [0.3, 0.4) is 0 Å². The molecule has 0 saturated carbocycles. The van der Waals surface area contributed by atoms with Crippen LogP contribution in [0.25, 0.3) is 10.8 Å². The van der Waals surface area contributed by atoms with Crippen molar-refractivity contribution in [3.63, 3.8) is 0 Å². The average Bonchev–Trinajstić information content (AvgIpc) is 3.08. The van der Waals surface area contributed by atoms with Crippen LogP contribution in [0.2, 0.25) is 0 Å². The van der Waals surface area contributed by atoms with Crippen molar-refractivity contribution >= 4 is 56.1 Å². The van der Waals surface area contributed by atoms with Gasteiger partial charge in [0.1, 0.15) is 18.4 Å². The third-order valence-electron chi connectivity index (χ3n) is 6.84. The highest BCUT2D eigenvalue weighted by molar-refractivity contribution is 9.10. The predicted molar refractivity (Wildman–Crippen MR) is 156 cm³/mol. The Balaban J connectivity index is 1.80. The van der Waals surface area contributed by atoms with Gasteiger partial charge in [0.2, 0.25) is 5.91 Å². The van der Waals surface area contributed by atoms with Gasteiger partial charge >= 0.3 is 5.97 Å². The molecule has 0 unspecified atom stereocenters. The van der Waals surface area contributed by atoms with Crippen LogP contribution >= 0.6 is 15.9 Å². The first-order valence-electron chi connectivity index (χ1n) is 12.9. The predicted octanol–water partition coefficient (Wildman–Crippen LogP) is 2.83. The second kappa shape index (κ2) is 13.0. The molecule has 1 aliphatic heterocycles. The summed E-state index contributed by atoms with van der Waals surface area (Å²) < 4.78 is 12.6. The summed E-state index contributed by atoms with van der Waals surface area (Å²) in [6.45, 7) is 1.42. The Morgan fingerprint density at radius 1 is 1.20 bits per heavy atom. The Bertz CT molecular complexity index is 1500. The number of hydrogen-bond acceptors (Lipinski definition) is 7. The highest BCUT2D eigenvalue weighted by Gasteiger charge is 2.36. The second-order valence-corrected chi connectivity index (χ2v) is 10.4. The van der Waals surface area contributed by atoms with Crippen molar-refractivity contribution in [1.29, 1.82) is 0 Å². The van der Waals surface area contributed by atoms with Gasteiger partial charge < -0.3 is 35.4 Å². The summed E-state index contributed by atoms with van der Waals surface area (Å²) in [6, 6.07) is 12.7. The van der Waals surface area contributed by atoms with E-state index < -0.39 is 29.9 Å². The summed E-state index contributed by atoms with van der Waals surface area (Å²) in [6.07, 6.45) is -0.249. The van der Waals surface area contributed by atoms with Crippen molar-refractivity contribution in [2.45, 2.75) is 32.0 Å². The number of hydrogen-bond donors (Lipinski definition) is 4. The molecule has 1 aliphatic rings. The molecule has 216 valence electrons. The number of ether oxygens (including phenoxy) is 2. The van der Waals surface area contributed by atoms with Gasteiger partial charge in [-0.15, -0.1) is 0 Å². The number of carboxylic acid groups (broad SMARTS) is 1. The minimum absolute atomic E-state index is 0.0510. The maximum Gasteiger partial charge on any atom is 0.305 e. The molecular formula is C29H31BrN4O7. The normalized spacial score (nSPS) is 15.4. The quantitative estimate of drug-likeness (QED) is 0.269. The number of rotatable bonds is 10. The molecule has 2 atom stereocenters. The molecule has 1 heterocycles. The SMILES string of the molecule is CN[C@@H](C)C(=O)N[C@H]1COc2c(C(=O)NCCC(=O)O)cccc2N(Cc2c(OC)ccc3cc(Br)ccc23)C1=O. The number of para-hydroxylation sites is 1. The molecule has 4 N–H and O–H groups in total. The molecule has 4 rings (SSSR count). The highest BCUT2D eigenvalue weighted by atomic mass is 79.9. The lowest BCUT2D eigenvalue weighted by Crippen LogP contribution is -2.53. The number of nitrogens with one attached hydrogen (secondary N) is 3. The van der Waals surface area contributed by atoms with Crippen molar-refractivity contribution in [2.75, 3.05) is 32.2 Å². The number of aliphatic carboxylic acids is 1. The number of carbonyl (C=O) groups is 4. The fraction of sp³-hybridized carbons (Fsp3) is 0.310. The van der Waals surface area contributed by atoms with Crippen LogP contribution in [-0.2, 0) is 20.9 Å². The number of fused-ring (bicyclic) bond motifs is 2. The Morgan fingerprint density at radius 2 is 1.98 bits per heavy atom. The molecule has 0 bridgehead atoms. The highest BCUT2D eigenvalue weighted by Crippen LogP contribution is 2.38. The Kier molecular flexibility index (Phi) is 9.46. The van der Waals surface area contributed by atoms with Gasteiger partial charge in [0.15, 0.2) is 5.75 Å². The zero-order valence-electron chi connectivity index (χ0n) is 22.8. The van der Waals surface area contributed by atoms with Gasteiger partial charge in [-0.05, 0) is 55.1 Å². The fourth-order valence-electron chi connectivity index (χ4n) is 4.54. The zero-order valence-corrected chi connectivity index (χ0v) is 24.4. The van der Waals surface area contributed by atoms with E-state index in [0.717, 1.165) is 20.8 Å². The largest absolute Gasteiger partial charge is 0.496 e. The number of anilines is 1. The van der Waals surface area contributed by atoms with Crippen molar-refractivity contribution in [2.24, 2.45) is 0 Å². The number of benzene rings is 3. The van der Waals surface area contributed by atoms with E-state index >= 15 is 0 Å². The van der Waals surface area contributed by atoms with Crippen LogP contribution in [0.4, 0.5) is 5.69 Å². The smallest absolute Gasteiger partial charge is 0.305 e. The van der Waals surface area contributed by atoms with E-state index in [0.29, 0.717) is 11.4 Å². The minimum Gasteiger partial charge on any atom is -0.496 e. The zero-order chi connectivity index (χ0) is 29.7. The van der Waals surface area contributed by atoms with E-state index in [1.165, 1.54) is 11.0 Å². The topological polar surface area (TPSA) is 146 Å². The number of amides is 3. The summed E-state index contributed by atoms with van der Waals surface area (Å²) in [7, 11) is 3.19. The Hall–Kier alpha value is -4.16. The van der Waals surface area contributed by atoms with Crippen molar-refractivity contribution < 1.29 is 33.8 Å². The monoisotopic (exact) mass is 626 g/mol. The summed E-state index contributed by atoms with van der Waals surface area (Å²) >= 11 is 3.50. The number of nitrogens with zero attached hydrogens (tertiary/aromatic N) is 1. The first-order chi connectivity index (χ1) is 19.6.